The molecule has 0 saturated carbocycles. The Bertz CT molecular complexity index is 246. The molecule has 1 aromatic carbocycles. The van der Waals surface area contributed by atoms with Crippen molar-refractivity contribution in [3.05, 3.63) is 35.9 Å². The summed E-state index contributed by atoms with van der Waals surface area (Å²) >= 11 is 0. The van der Waals surface area contributed by atoms with Crippen LogP contribution in [0.1, 0.15) is 5.56 Å². The highest BCUT2D eigenvalue weighted by Gasteiger charge is 1.98. The van der Waals surface area contributed by atoms with Crippen LogP contribution in [-0.2, 0) is 0 Å². The Labute approximate surface area is 63.7 Å². The molecular formula is C7H8N2O2. The van der Waals surface area contributed by atoms with E-state index < -0.39 is 0 Å². The molecule has 0 heterocycles. The van der Waals surface area contributed by atoms with Crippen molar-refractivity contribution >= 4 is 5.84 Å². The van der Waals surface area contributed by atoms with Crippen LogP contribution >= 0.6 is 0 Å². The quantitative estimate of drug-likeness (QED) is 0.241. The minimum absolute atomic E-state index is 0.0330. The number of hydrogen-bond donors (Lipinski definition) is 3. The number of rotatable bonds is 1. The number of nitrogens with one attached hydrogen (secondary N) is 1. The van der Waals surface area contributed by atoms with E-state index in [-0.39, 0.29) is 5.84 Å². The highest BCUT2D eigenvalue weighted by Crippen LogP contribution is 1.97. The van der Waals surface area contributed by atoms with Crippen LogP contribution in [0.4, 0.5) is 0 Å². The Hall–Kier alpha value is -1.55. The van der Waals surface area contributed by atoms with Crippen molar-refractivity contribution in [3.8, 4) is 0 Å². The molecular weight excluding hydrogens is 144 g/mol. The fourth-order valence-electron chi connectivity index (χ4n) is 0.741. The number of hydroxylamine groups is 1. The van der Waals surface area contributed by atoms with Crippen LogP contribution in [0.2, 0.25) is 0 Å². The summed E-state index contributed by atoms with van der Waals surface area (Å²) in [6.45, 7) is 0. The molecule has 0 aliphatic rings. The maximum absolute atomic E-state index is 8.44. The zero-order valence-electron chi connectivity index (χ0n) is 5.73. The second kappa shape index (κ2) is 3.58. The minimum Gasteiger partial charge on any atom is -0.409 e. The maximum atomic E-state index is 8.44. The average Bonchev–Trinajstić information content (AvgIpc) is 2.09. The third-order valence-electron chi connectivity index (χ3n) is 1.25. The van der Waals surface area contributed by atoms with Crippen molar-refractivity contribution in [2.75, 3.05) is 0 Å². The molecule has 0 saturated heterocycles. The van der Waals surface area contributed by atoms with Crippen LogP contribution in [0.3, 0.4) is 0 Å². The molecule has 0 aliphatic heterocycles. The van der Waals surface area contributed by atoms with E-state index in [4.69, 9.17) is 10.4 Å². The Kier molecular flexibility index (Phi) is 2.46. The first-order valence-corrected chi connectivity index (χ1v) is 3.06. The molecule has 0 unspecified atom stereocenters. The molecule has 0 atom stereocenters. The van der Waals surface area contributed by atoms with E-state index in [2.05, 4.69) is 5.16 Å². The van der Waals surface area contributed by atoms with Gasteiger partial charge in [0.15, 0.2) is 5.84 Å². The first-order chi connectivity index (χ1) is 5.38. The van der Waals surface area contributed by atoms with Crippen molar-refractivity contribution in [1.82, 2.24) is 5.48 Å². The van der Waals surface area contributed by atoms with Gasteiger partial charge in [0.2, 0.25) is 0 Å². The predicted octanol–water partition coefficient (Wildman–Crippen LogP) is 0.801. The molecule has 0 bridgehead atoms. The van der Waals surface area contributed by atoms with E-state index in [0.717, 1.165) is 0 Å². The lowest BCUT2D eigenvalue weighted by atomic mass is 10.2. The van der Waals surface area contributed by atoms with E-state index >= 15 is 0 Å². The lowest BCUT2D eigenvalue weighted by Gasteiger charge is -1.99. The van der Waals surface area contributed by atoms with Gasteiger partial charge in [-0.15, -0.1) is 0 Å². The Morgan fingerprint density at radius 2 is 1.91 bits per heavy atom. The number of oxime groups is 1. The molecule has 58 valence electrons. The summed E-state index contributed by atoms with van der Waals surface area (Å²) in [5.74, 6) is 0.0330. The summed E-state index contributed by atoms with van der Waals surface area (Å²) in [7, 11) is 0. The van der Waals surface area contributed by atoms with Gasteiger partial charge in [0.25, 0.3) is 0 Å². The topological polar surface area (TPSA) is 64.9 Å². The highest BCUT2D eigenvalue weighted by molar-refractivity contribution is 5.97. The smallest absolute Gasteiger partial charge is 0.196 e. The molecule has 3 N–H and O–H groups in total. The molecule has 0 aromatic heterocycles. The van der Waals surface area contributed by atoms with Crippen molar-refractivity contribution in [2.45, 2.75) is 0 Å². The van der Waals surface area contributed by atoms with Crippen molar-refractivity contribution in [2.24, 2.45) is 5.16 Å². The van der Waals surface area contributed by atoms with Gasteiger partial charge in [-0.25, -0.2) is 5.48 Å². The molecule has 4 nitrogen and oxygen atoms in total. The van der Waals surface area contributed by atoms with Gasteiger partial charge in [0.1, 0.15) is 0 Å². The third-order valence-corrected chi connectivity index (χ3v) is 1.25. The van der Waals surface area contributed by atoms with E-state index in [1.165, 1.54) is 0 Å². The SMILES string of the molecule is ON=C(NO)c1ccccc1. The molecule has 1 aromatic rings. The second-order valence-corrected chi connectivity index (χ2v) is 1.93. The third kappa shape index (κ3) is 1.68. The van der Waals surface area contributed by atoms with Gasteiger partial charge in [-0.3, -0.25) is 5.21 Å². The lowest BCUT2D eigenvalue weighted by Crippen LogP contribution is -2.19. The molecule has 0 spiro atoms. The Morgan fingerprint density at radius 3 is 2.36 bits per heavy atom. The van der Waals surface area contributed by atoms with Crippen molar-refractivity contribution < 1.29 is 10.4 Å². The standard InChI is InChI=1S/C7H8N2O2/c10-8-7(9-11)6-4-2-1-3-5-6/h1-5,10-11H,(H,8,9). The monoisotopic (exact) mass is 152 g/mol. The van der Waals surface area contributed by atoms with Crippen LogP contribution in [0.25, 0.3) is 0 Å². The number of amidine groups is 1. The zero-order chi connectivity index (χ0) is 8.10. The van der Waals surface area contributed by atoms with Crippen LogP contribution in [0.5, 0.6) is 0 Å². The molecule has 0 amide bonds. The van der Waals surface area contributed by atoms with E-state index in [1.807, 2.05) is 6.07 Å². The fourth-order valence-corrected chi connectivity index (χ4v) is 0.741. The Balaban J connectivity index is 2.92. The van der Waals surface area contributed by atoms with Gasteiger partial charge in [-0.1, -0.05) is 35.5 Å². The van der Waals surface area contributed by atoms with Crippen molar-refractivity contribution in [3.63, 3.8) is 0 Å². The number of benzene rings is 1. The van der Waals surface area contributed by atoms with Crippen molar-refractivity contribution in [1.29, 1.82) is 0 Å². The highest BCUT2D eigenvalue weighted by atomic mass is 16.5. The van der Waals surface area contributed by atoms with Crippen LogP contribution in [0.15, 0.2) is 35.5 Å². The van der Waals surface area contributed by atoms with E-state index in [0.29, 0.717) is 5.56 Å². The second-order valence-electron chi connectivity index (χ2n) is 1.93. The van der Waals surface area contributed by atoms with E-state index in [1.54, 1.807) is 29.7 Å². The number of hydrogen-bond acceptors (Lipinski definition) is 3. The van der Waals surface area contributed by atoms with Crippen LogP contribution < -0.4 is 5.48 Å². The van der Waals surface area contributed by atoms with Gasteiger partial charge in [0, 0.05) is 5.56 Å². The lowest BCUT2D eigenvalue weighted by molar-refractivity contribution is 0.223. The van der Waals surface area contributed by atoms with E-state index in [9.17, 15) is 0 Å². The molecule has 0 fully saturated rings. The van der Waals surface area contributed by atoms with Gasteiger partial charge in [-0.2, -0.15) is 0 Å². The normalized spacial score (nSPS) is 11.2. The molecule has 1 rings (SSSR count). The summed E-state index contributed by atoms with van der Waals surface area (Å²) in [6, 6.07) is 8.79. The zero-order valence-corrected chi connectivity index (χ0v) is 5.73. The maximum Gasteiger partial charge on any atom is 0.196 e. The molecule has 0 radical (unpaired) electrons. The molecule has 4 heteroatoms. The van der Waals surface area contributed by atoms with Crippen LogP contribution in [0, 0.1) is 0 Å². The average molecular weight is 152 g/mol. The van der Waals surface area contributed by atoms with Gasteiger partial charge >= 0.3 is 0 Å². The first kappa shape index (κ1) is 7.56. The van der Waals surface area contributed by atoms with Gasteiger partial charge in [0.05, 0.1) is 0 Å². The summed E-state index contributed by atoms with van der Waals surface area (Å²) in [5.41, 5.74) is 2.39. The molecule has 11 heavy (non-hydrogen) atoms. The van der Waals surface area contributed by atoms with Crippen LogP contribution in [-0.4, -0.2) is 16.3 Å². The molecule has 0 aliphatic carbocycles. The van der Waals surface area contributed by atoms with Gasteiger partial charge < -0.3 is 5.21 Å². The first-order valence-electron chi connectivity index (χ1n) is 3.06. The summed E-state index contributed by atoms with van der Waals surface area (Å²) in [5, 5.41) is 19.6. The summed E-state index contributed by atoms with van der Waals surface area (Å²) in [6.07, 6.45) is 0. The largest absolute Gasteiger partial charge is 0.409 e. The minimum atomic E-state index is 0.0330. The Morgan fingerprint density at radius 1 is 1.27 bits per heavy atom. The summed E-state index contributed by atoms with van der Waals surface area (Å²) in [4.78, 5) is 0. The summed E-state index contributed by atoms with van der Waals surface area (Å²) < 4.78 is 0. The fraction of sp³-hybridized carbons (Fsp3) is 0. The predicted molar refractivity (Wildman–Crippen MR) is 39.7 cm³/mol. The number of nitrogens with zero attached hydrogens (tertiary/aromatic N) is 1. The van der Waals surface area contributed by atoms with Gasteiger partial charge in [-0.05, 0) is 0 Å².